The van der Waals surface area contributed by atoms with E-state index in [4.69, 9.17) is 4.42 Å². The highest BCUT2D eigenvalue weighted by molar-refractivity contribution is 9.10. The van der Waals surface area contributed by atoms with Crippen LogP contribution in [0.5, 0.6) is 0 Å². The topological polar surface area (TPSA) is 25.2 Å². The van der Waals surface area contributed by atoms with Crippen LogP contribution >= 0.6 is 15.9 Å². The molecule has 0 saturated heterocycles. The number of nitrogens with one attached hydrogen (secondary N) is 1. The molecule has 2 rings (SSSR count). The molecule has 1 aromatic heterocycles. The van der Waals surface area contributed by atoms with Crippen LogP contribution in [0.3, 0.4) is 0 Å². The van der Waals surface area contributed by atoms with Gasteiger partial charge in [-0.2, -0.15) is 0 Å². The summed E-state index contributed by atoms with van der Waals surface area (Å²) in [6, 6.07) is 8.85. The monoisotopic (exact) mass is 281 g/mol. The molecule has 0 fully saturated rings. The molecule has 2 nitrogen and oxygen atoms in total. The standard InChI is InChI=1S/C13H16BrNO/c1-8(2)15-9(3)13-7-10-6-11(14)4-5-12(10)16-13/h4-9,15H,1-3H3. The van der Waals surface area contributed by atoms with Crippen LogP contribution in [0.15, 0.2) is 33.2 Å². The SMILES string of the molecule is CC(C)NC(C)c1cc2cc(Br)ccc2o1. The van der Waals surface area contributed by atoms with Gasteiger partial charge in [0, 0.05) is 15.9 Å². The second kappa shape index (κ2) is 4.60. The van der Waals surface area contributed by atoms with Gasteiger partial charge in [0.2, 0.25) is 0 Å². The van der Waals surface area contributed by atoms with Crippen LogP contribution in [0.1, 0.15) is 32.6 Å². The molecule has 0 radical (unpaired) electrons. The second-order valence-corrected chi connectivity index (χ2v) is 5.29. The Balaban J connectivity index is 2.32. The maximum absolute atomic E-state index is 5.80. The van der Waals surface area contributed by atoms with E-state index in [-0.39, 0.29) is 6.04 Å². The first-order valence-corrected chi connectivity index (χ1v) is 6.30. The van der Waals surface area contributed by atoms with Crippen LogP contribution < -0.4 is 5.32 Å². The van der Waals surface area contributed by atoms with Crippen molar-refractivity contribution < 1.29 is 4.42 Å². The first kappa shape index (κ1) is 11.7. The third-order valence-electron chi connectivity index (χ3n) is 2.51. The van der Waals surface area contributed by atoms with Crippen molar-refractivity contribution in [1.82, 2.24) is 5.32 Å². The van der Waals surface area contributed by atoms with E-state index in [0.717, 1.165) is 21.2 Å². The van der Waals surface area contributed by atoms with Crippen LogP contribution in [0, 0.1) is 0 Å². The van der Waals surface area contributed by atoms with Crippen LogP contribution in [-0.4, -0.2) is 6.04 Å². The summed E-state index contributed by atoms with van der Waals surface area (Å²) in [6.07, 6.45) is 0. The van der Waals surface area contributed by atoms with Crippen molar-refractivity contribution >= 4 is 26.9 Å². The number of hydrogen-bond donors (Lipinski definition) is 1. The highest BCUT2D eigenvalue weighted by Gasteiger charge is 2.12. The Morgan fingerprint density at radius 1 is 1.19 bits per heavy atom. The number of halogens is 1. The summed E-state index contributed by atoms with van der Waals surface area (Å²) in [7, 11) is 0. The van der Waals surface area contributed by atoms with Gasteiger partial charge in [0.05, 0.1) is 6.04 Å². The van der Waals surface area contributed by atoms with Gasteiger partial charge in [-0.25, -0.2) is 0 Å². The minimum Gasteiger partial charge on any atom is -0.459 e. The zero-order valence-corrected chi connectivity index (χ0v) is 11.3. The highest BCUT2D eigenvalue weighted by atomic mass is 79.9. The van der Waals surface area contributed by atoms with Gasteiger partial charge in [-0.3, -0.25) is 0 Å². The van der Waals surface area contributed by atoms with E-state index in [1.807, 2.05) is 12.1 Å². The number of benzene rings is 1. The molecule has 0 aliphatic heterocycles. The molecule has 3 heteroatoms. The fraction of sp³-hybridized carbons (Fsp3) is 0.385. The number of hydrogen-bond acceptors (Lipinski definition) is 2. The highest BCUT2D eigenvalue weighted by Crippen LogP contribution is 2.26. The van der Waals surface area contributed by atoms with Crippen molar-refractivity contribution in [3.63, 3.8) is 0 Å². The molecule has 86 valence electrons. The van der Waals surface area contributed by atoms with E-state index < -0.39 is 0 Å². The van der Waals surface area contributed by atoms with E-state index in [1.54, 1.807) is 0 Å². The van der Waals surface area contributed by atoms with Crippen LogP contribution in [0.2, 0.25) is 0 Å². The molecule has 1 unspecified atom stereocenters. The smallest absolute Gasteiger partial charge is 0.134 e. The van der Waals surface area contributed by atoms with E-state index in [9.17, 15) is 0 Å². The van der Waals surface area contributed by atoms with Crippen molar-refractivity contribution in [2.24, 2.45) is 0 Å². The average Bonchev–Trinajstić information content (AvgIpc) is 2.59. The summed E-state index contributed by atoms with van der Waals surface area (Å²) in [5, 5.41) is 4.57. The van der Waals surface area contributed by atoms with E-state index >= 15 is 0 Å². The molecule has 1 atom stereocenters. The predicted octanol–water partition coefficient (Wildman–Crippen LogP) is 4.25. The first-order valence-electron chi connectivity index (χ1n) is 5.51. The van der Waals surface area contributed by atoms with Crippen molar-refractivity contribution in [1.29, 1.82) is 0 Å². The molecule has 1 N–H and O–H groups in total. The van der Waals surface area contributed by atoms with Crippen molar-refractivity contribution in [3.8, 4) is 0 Å². The Bertz CT molecular complexity index is 490. The predicted molar refractivity (Wildman–Crippen MR) is 70.6 cm³/mol. The molecular weight excluding hydrogens is 266 g/mol. The molecule has 0 aliphatic carbocycles. The summed E-state index contributed by atoms with van der Waals surface area (Å²) in [5.74, 6) is 0.988. The quantitative estimate of drug-likeness (QED) is 0.910. The van der Waals surface area contributed by atoms with Crippen LogP contribution in [0.25, 0.3) is 11.0 Å². The number of rotatable bonds is 3. The summed E-state index contributed by atoms with van der Waals surface area (Å²) < 4.78 is 6.88. The van der Waals surface area contributed by atoms with Crippen LogP contribution in [-0.2, 0) is 0 Å². The summed E-state index contributed by atoms with van der Waals surface area (Å²) in [5.41, 5.74) is 0.940. The lowest BCUT2D eigenvalue weighted by molar-refractivity contribution is 0.423. The summed E-state index contributed by atoms with van der Waals surface area (Å²) in [4.78, 5) is 0. The maximum Gasteiger partial charge on any atom is 0.134 e. The van der Waals surface area contributed by atoms with Crippen molar-refractivity contribution in [3.05, 3.63) is 34.5 Å². The van der Waals surface area contributed by atoms with Crippen molar-refractivity contribution in [2.45, 2.75) is 32.9 Å². The minimum atomic E-state index is 0.242. The van der Waals surface area contributed by atoms with Gasteiger partial charge < -0.3 is 9.73 Å². The molecule has 0 spiro atoms. The van der Waals surface area contributed by atoms with Gasteiger partial charge >= 0.3 is 0 Å². The molecule has 0 saturated carbocycles. The Morgan fingerprint density at radius 2 is 1.94 bits per heavy atom. The van der Waals surface area contributed by atoms with Gasteiger partial charge in [-0.1, -0.05) is 29.8 Å². The van der Waals surface area contributed by atoms with E-state index in [0.29, 0.717) is 6.04 Å². The van der Waals surface area contributed by atoms with Crippen LogP contribution in [0.4, 0.5) is 0 Å². The Hall–Kier alpha value is -0.800. The first-order chi connectivity index (χ1) is 7.56. The van der Waals surface area contributed by atoms with E-state index in [1.165, 1.54) is 0 Å². The number of fused-ring (bicyclic) bond motifs is 1. The molecule has 1 heterocycles. The van der Waals surface area contributed by atoms with Gasteiger partial charge in [0.25, 0.3) is 0 Å². The Kier molecular flexibility index (Phi) is 3.36. The van der Waals surface area contributed by atoms with Crippen molar-refractivity contribution in [2.75, 3.05) is 0 Å². The fourth-order valence-electron chi connectivity index (χ4n) is 1.83. The molecule has 1 aromatic carbocycles. The molecule has 2 aromatic rings. The minimum absolute atomic E-state index is 0.242. The molecule has 0 bridgehead atoms. The summed E-state index contributed by atoms with van der Waals surface area (Å²) >= 11 is 3.46. The molecule has 0 amide bonds. The zero-order valence-electron chi connectivity index (χ0n) is 9.75. The number of furan rings is 1. The molecule has 0 aliphatic rings. The molecule has 16 heavy (non-hydrogen) atoms. The second-order valence-electron chi connectivity index (χ2n) is 4.37. The largest absolute Gasteiger partial charge is 0.459 e. The molecular formula is C13H16BrNO. The lowest BCUT2D eigenvalue weighted by Crippen LogP contribution is -2.25. The Morgan fingerprint density at radius 3 is 2.62 bits per heavy atom. The van der Waals surface area contributed by atoms with Gasteiger partial charge in [-0.05, 0) is 31.2 Å². The average molecular weight is 282 g/mol. The Labute approximate surface area is 104 Å². The van der Waals surface area contributed by atoms with Gasteiger partial charge in [-0.15, -0.1) is 0 Å². The third-order valence-corrected chi connectivity index (χ3v) is 3.00. The van der Waals surface area contributed by atoms with Gasteiger partial charge in [0.15, 0.2) is 0 Å². The lowest BCUT2D eigenvalue weighted by atomic mass is 10.2. The third kappa shape index (κ3) is 2.47. The maximum atomic E-state index is 5.80. The normalized spacial score (nSPS) is 13.6. The van der Waals surface area contributed by atoms with Gasteiger partial charge in [0.1, 0.15) is 11.3 Å². The zero-order chi connectivity index (χ0) is 11.7. The van der Waals surface area contributed by atoms with E-state index in [2.05, 4.69) is 54.2 Å². The fourth-order valence-corrected chi connectivity index (χ4v) is 2.21. The lowest BCUT2D eigenvalue weighted by Gasteiger charge is -2.13. The summed E-state index contributed by atoms with van der Waals surface area (Å²) in [6.45, 7) is 6.39.